The molecule has 3 aromatic rings. The predicted octanol–water partition coefficient (Wildman–Crippen LogP) is 5.16. The number of nitrogens with zero attached hydrogens (tertiary/aromatic N) is 1. The Morgan fingerprint density at radius 2 is 1.71 bits per heavy atom. The normalized spacial score (nSPS) is 10.8. The molecule has 2 nitrogen and oxygen atoms in total. The molecule has 0 spiro atoms. The first kappa shape index (κ1) is 14.2. The molecule has 106 valence electrons. The minimum atomic E-state index is 0.551. The third-order valence-corrected chi connectivity index (χ3v) is 3.94. The number of para-hydroxylation sites is 1. The zero-order valence-electron chi connectivity index (χ0n) is 11.2. The molecule has 1 heterocycles. The van der Waals surface area contributed by atoms with Crippen LogP contribution in [0.5, 0.6) is 5.75 Å². The smallest absolute Gasteiger partial charge is 0.130 e. The molecule has 0 aliphatic carbocycles. The van der Waals surface area contributed by atoms with Gasteiger partial charge in [0.25, 0.3) is 0 Å². The van der Waals surface area contributed by atoms with Crippen molar-refractivity contribution in [1.29, 1.82) is 0 Å². The lowest BCUT2D eigenvalue weighted by Crippen LogP contribution is -2.02. The van der Waals surface area contributed by atoms with Gasteiger partial charge in [-0.3, -0.25) is 4.98 Å². The summed E-state index contributed by atoms with van der Waals surface area (Å²) < 4.78 is 5.88. The number of benzene rings is 2. The van der Waals surface area contributed by atoms with Crippen molar-refractivity contribution in [3.05, 3.63) is 70.3 Å². The van der Waals surface area contributed by atoms with Crippen molar-refractivity contribution in [2.45, 2.75) is 6.42 Å². The van der Waals surface area contributed by atoms with Gasteiger partial charge < -0.3 is 4.74 Å². The van der Waals surface area contributed by atoms with Crippen molar-refractivity contribution < 1.29 is 4.74 Å². The van der Waals surface area contributed by atoms with Crippen molar-refractivity contribution in [3.63, 3.8) is 0 Å². The maximum Gasteiger partial charge on any atom is 0.130 e. The van der Waals surface area contributed by atoms with Crippen LogP contribution in [-0.2, 0) is 6.42 Å². The topological polar surface area (TPSA) is 22.1 Å². The number of hydrogen-bond donors (Lipinski definition) is 0. The summed E-state index contributed by atoms with van der Waals surface area (Å²) >= 11 is 12.3. The van der Waals surface area contributed by atoms with Crippen LogP contribution in [0.25, 0.3) is 10.9 Å². The van der Waals surface area contributed by atoms with Crippen molar-refractivity contribution in [3.8, 4) is 5.75 Å². The lowest BCUT2D eigenvalue weighted by molar-refractivity contribution is 0.325. The quantitative estimate of drug-likeness (QED) is 0.662. The number of hydrogen-bond acceptors (Lipinski definition) is 2. The fourth-order valence-corrected chi connectivity index (χ4v) is 2.67. The molecule has 0 atom stereocenters. The zero-order chi connectivity index (χ0) is 14.7. The molecule has 0 saturated heterocycles. The Bertz CT molecular complexity index is 774. The molecular weight excluding hydrogens is 305 g/mol. The van der Waals surface area contributed by atoms with Gasteiger partial charge >= 0.3 is 0 Å². The van der Waals surface area contributed by atoms with Crippen molar-refractivity contribution >= 4 is 34.1 Å². The van der Waals surface area contributed by atoms with Crippen LogP contribution in [-0.4, -0.2) is 11.6 Å². The van der Waals surface area contributed by atoms with E-state index in [-0.39, 0.29) is 0 Å². The van der Waals surface area contributed by atoms with Gasteiger partial charge in [-0.2, -0.15) is 0 Å². The average molecular weight is 318 g/mol. The summed E-state index contributed by atoms with van der Waals surface area (Å²) in [5.74, 6) is 0.787. The standard InChI is InChI=1S/C17H13Cl2NO/c18-14-6-2-1-4-12(14)9-11-21-16-8-10-20-17-13(16)5-3-7-15(17)19/h1-8,10H,9,11H2. The molecule has 3 rings (SSSR count). The monoisotopic (exact) mass is 317 g/mol. The van der Waals surface area contributed by atoms with Crippen LogP contribution in [0.3, 0.4) is 0 Å². The van der Waals surface area contributed by atoms with Crippen molar-refractivity contribution in [2.24, 2.45) is 0 Å². The molecule has 0 aliphatic rings. The molecule has 0 bridgehead atoms. The number of pyridine rings is 1. The lowest BCUT2D eigenvalue weighted by Gasteiger charge is -2.10. The third-order valence-electron chi connectivity index (χ3n) is 3.27. The Kier molecular flexibility index (Phi) is 4.28. The highest BCUT2D eigenvalue weighted by atomic mass is 35.5. The highest BCUT2D eigenvalue weighted by Crippen LogP contribution is 2.28. The van der Waals surface area contributed by atoms with Crippen molar-refractivity contribution in [2.75, 3.05) is 6.61 Å². The van der Waals surface area contributed by atoms with E-state index in [9.17, 15) is 0 Å². The van der Waals surface area contributed by atoms with E-state index in [0.29, 0.717) is 11.6 Å². The van der Waals surface area contributed by atoms with E-state index in [1.807, 2.05) is 48.5 Å². The number of rotatable bonds is 4. The SMILES string of the molecule is Clc1ccccc1CCOc1ccnc2c(Cl)cccc12. The number of halogens is 2. The molecule has 4 heteroatoms. The number of aromatic nitrogens is 1. The second kappa shape index (κ2) is 6.33. The van der Waals surface area contributed by atoms with Gasteiger partial charge in [-0.15, -0.1) is 0 Å². The molecule has 1 aromatic heterocycles. The Morgan fingerprint density at radius 1 is 0.905 bits per heavy atom. The number of ether oxygens (including phenoxy) is 1. The molecule has 2 aromatic carbocycles. The van der Waals surface area contributed by atoms with E-state index in [1.165, 1.54) is 0 Å². The second-order valence-electron chi connectivity index (χ2n) is 4.63. The summed E-state index contributed by atoms with van der Waals surface area (Å²) in [5, 5.41) is 2.32. The maximum atomic E-state index is 6.14. The van der Waals surface area contributed by atoms with E-state index in [4.69, 9.17) is 27.9 Å². The average Bonchev–Trinajstić information content (AvgIpc) is 2.50. The summed E-state index contributed by atoms with van der Waals surface area (Å²) in [5.41, 5.74) is 1.84. The van der Waals surface area contributed by atoms with E-state index in [0.717, 1.165) is 33.7 Å². The predicted molar refractivity (Wildman–Crippen MR) is 87.4 cm³/mol. The Hall–Kier alpha value is -1.77. The fraction of sp³-hybridized carbons (Fsp3) is 0.118. The van der Waals surface area contributed by atoms with Crippen LogP contribution in [0.15, 0.2) is 54.7 Å². The van der Waals surface area contributed by atoms with Crippen LogP contribution in [0.2, 0.25) is 10.0 Å². The first-order valence-corrected chi connectivity index (χ1v) is 7.41. The largest absolute Gasteiger partial charge is 0.492 e. The van der Waals surface area contributed by atoms with E-state index >= 15 is 0 Å². The summed E-state index contributed by atoms with van der Waals surface area (Å²) in [6.07, 6.45) is 2.46. The summed E-state index contributed by atoms with van der Waals surface area (Å²) in [4.78, 5) is 4.29. The zero-order valence-corrected chi connectivity index (χ0v) is 12.7. The highest BCUT2D eigenvalue weighted by molar-refractivity contribution is 6.35. The van der Waals surface area contributed by atoms with Crippen LogP contribution >= 0.6 is 23.2 Å². The Labute approximate surface area is 133 Å². The van der Waals surface area contributed by atoms with Crippen LogP contribution < -0.4 is 4.74 Å². The molecule has 0 fully saturated rings. The summed E-state index contributed by atoms with van der Waals surface area (Å²) in [6.45, 7) is 0.551. The van der Waals surface area contributed by atoms with Crippen molar-refractivity contribution in [1.82, 2.24) is 4.98 Å². The van der Waals surface area contributed by atoms with Gasteiger partial charge in [0.15, 0.2) is 0 Å². The fourth-order valence-electron chi connectivity index (χ4n) is 2.21. The van der Waals surface area contributed by atoms with Gasteiger partial charge in [0.1, 0.15) is 5.75 Å². The molecule has 0 amide bonds. The van der Waals surface area contributed by atoms with E-state index in [1.54, 1.807) is 6.20 Å². The van der Waals surface area contributed by atoms with Gasteiger partial charge in [-0.05, 0) is 29.8 Å². The Morgan fingerprint density at radius 3 is 2.57 bits per heavy atom. The highest BCUT2D eigenvalue weighted by Gasteiger charge is 2.06. The Balaban J connectivity index is 1.77. The molecule has 0 saturated carbocycles. The molecule has 0 N–H and O–H groups in total. The minimum absolute atomic E-state index is 0.551. The molecule has 21 heavy (non-hydrogen) atoms. The number of fused-ring (bicyclic) bond motifs is 1. The molecule has 0 aliphatic heterocycles. The minimum Gasteiger partial charge on any atom is -0.492 e. The first-order valence-electron chi connectivity index (χ1n) is 6.65. The molecular formula is C17H13Cl2NO. The second-order valence-corrected chi connectivity index (χ2v) is 5.45. The van der Waals surface area contributed by atoms with E-state index < -0.39 is 0 Å². The molecule has 0 radical (unpaired) electrons. The summed E-state index contributed by atoms with van der Waals surface area (Å²) in [6, 6.07) is 15.3. The van der Waals surface area contributed by atoms with Gasteiger partial charge in [0, 0.05) is 23.0 Å². The van der Waals surface area contributed by atoms with Gasteiger partial charge in [0.05, 0.1) is 17.1 Å². The van der Waals surface area contributed by atoms with Crippen LogP contribution in [0.1, 0.15) is 5.56 Å². The van der Waals surface area contributed by atoms with Crippen LogP contribution in [0.4, 0.5) is 0 Å². The van der Waals surface area contributed by atoms with E-state index in [2.05, 4.69) is 4.98 Å². The first-order chi connectivity index (χ1) is 10.3. The van der Waals surface area contributed by atoms with Gasteiger partial charge in [0.2, 0.25) is 0 Å². The van der Waals surface area contributed by atoms with Gasteiger partial charge in [-0.1, -0.05) is 47.5 Å². The third kappa shape index (κ3) is 3.12. The van der Waals surface area contributed by atoms with Crippen LogP contribution in [0, 0.1) is 0 Å². The summed E-state index contributed by atoms with van der Waals surface area (Å²) in [7, 11) is 0. The lowest BCUT2D eigenvalue weighted by atomic mass is 10.1. The maximum absolute atomic E-state index is 6.14. The molecule has 0 unspecified atom stereocenters. The van der Waals surface area contributed by atoms with Gasteiger partial charge in [-0.25, -0.2) is 0 Å².